The van der Waals surface area contributed by atoms with Gasteiger partial charge in [-0.2, -0.15) is 0 Å². The van der Waals surface area contributed by atoms with Crippen LogP contribution >= 0.6 is 15.9 Å². The van der Waals surface area contributed by atoms with Crippen LogP contribution in [0.15, 0.2) is 33.6 Å². The van der Waals surface area contributed by atoms with E-state index in [0.29, 0.717) is 17.4 Å². The van der Waals surface area contributed by atoms with E-state index in [-0.39, 0.29) is 0 Å². The molecule has 0 heterocycles. The predicted molar refractivity (Wildman–Crippen MR) is 85.1 cm³/mol. The van der Waals surface area contributed by atoms with Gasteiger partial charge in [-0.05, 0) is 36.6 Å². The summed E-state index contributed by atoms with van der Waals surface area (Å²) in [6.07, 6.45) is 8.71. The lowest BCUT2D eigenvalue weighted by atomic mass is 9.97. The van der Waals surface area contributed by atoms with Gasteiger partial charge in [0, 0.05) is 11.0 Å². The van der Waals surface area contributed by atoms with Gasteiger partial charge in [-0.25, -0.2) is 13.1 Å². The molecular weight excluding hydrogens is 338 g/mol. The summed E-state index contributed by atoms with van der Waals surface area (Å²) >= 11 is 3.31. The summed E-state index contributed by atoms with van der Waals surface area (Å²) in [4.78, 5) is 0.335. The highest BCUT2D eigenvalue weighted by Crippen LogP contribution is 2.25. The molecule has 1 aromatic rings. The second-order valence-corrected chi connectivity index (χ2v) is 8.18. The Balaban J connectivity index is 1.84. The highest BCUT2D eigenvalue weighted by atomic mass is 79.9. The summed E-state index contributed by atoms with van der Waals surface area (Å²) in [7, 11) is -3.36. The molecule has 0 amide bonds. The highest BCUT2D eigenvalue weighted by Gasteiger charge is 2.16. The van der Waals surface area contributed by atoms with Crippen LogP contribution in [0, 0.1) is 5.92 Å². The van der Waals surface area contributed by atoms with E-state index < -0.39 is 10.0 Å². The maximum Gasteiger partial charge on any atom is 0.240 e. The molecule has 20 heavy (non-hydrogen) atoms. The van der Waals surface area contributed by atoms with Crippen LogP contribution in [0.2, 0.25) is 0 Å². The number of sulfonamides is 1. The number of nitrogens with one attached hydrogen (secondary N) is 1. The zero-order chi connectivity index (χ0) is 14.4. The third kappa shape index (κ3) is 4.86. The Labute approximate surface area is 130 Å². The lowest BCUT2D eigenvalue weighted by molar-refractivity contribution is 0.427. The first-order valence-electron chi connectivity index (χ1n) is 7.33. The molecule has 0 spiro atoms. The van der Waals surface area contributed by atoms with E-state index in [4.69, 9.17) is 0 Å². The van der Waals surface area contributed by atoms with Gasteiger partial charge in [0.05, 0.1) is 4.90 Å². The van der Waals surface area contributed by atoms with Crippen molar-refractivity contribution in [2.24, 2.45) is 5.92 Å². The van der Waals surface area contributed by atoms with Crippen molar-refractivity contribution < 1.29 is 8.42 Å². The van der Waals surface area contributed by atoms with E-state index in [1.165, 1.54) is 38.5 Å². The fraction of sp³-hybridized carbons (Fsp3) is 0.600. The van der Waals surface area contributed by atoms with Crippen LogP contribution in [-0.4, -0.2) is 15.0 Å². The molecule has 0 bridgehead atoms. The van der Waals surface area contributed by atoms with Crippen molar-refractivity contribution in [3.63, 3.8) is 0 Å². The fourth-order valence-corrected chi connectivity index (χ4v) is 4.06. The summed E-state index contributed by atoms with van der Waals surface area (Å²) < 4.78 is 27.9. The number of rotatable bonds is 5. The van der Waals surface area contributed by atoms with Crippen molar-refractivity contribution in [3.05, 3.63) is 28.7 Å². The molecule has 0 aliphatic heterocycles. The summed E-state index contributed by atoms with van der Waals surface area (Å²) in [5, 5.41) is 0. The van der Waals surface area contributed by atoms with Crippen LogP contribution in [0.3, 0.4) is 0 Å². The maximum absolute atomic E-state index is 12.1. The summed E-state index contributed by atoms with van der Waals surface area (Å²) in [5.74, 6) is 0.685. The SMILES string of the molecule is O=S(=O)(NCCC1CCCCCC1)c1ccc(Br)cc1. The molecule has 1 N–H and O–H groups in total. The van der Waals surface area contributed by atoms with Gasteiger partial charge >= 0.3 is 0 Å². The normalized spacial score (nSPS) is 17.9. The first kappa shape index (κ1) is 16.0. The van der Waals surface area contributed by atoms with Crippen LogP contribution in [0.5, 0.6) is 0 Å². The van der Waals surface area contributed by atoms with Gasteiger partial charge in [0.25, 0.3) is 0 Å². The average Bonchev–Trinajstić information content (AvgIpc) is 2.68. The molecule has 112 valence electrons. The monoisotopic (exact) mass is 359 g/mol. The fourth-order valence-electron chi connectivity index (χ4n) is 2.75. The first-order valence-corrected chi connectivity index (χ1v) is 9.61. The van der Waals surface area contributed by atoms with E-state index >= 15 is 0 Å². The average molecular weight is 360 g/mol. The minimum atomic E-state index is -3.36. The van der Waals surface area contributed by atoms with Gasteiger partial charge in [0.1, 0.15) is 0 Å². The van der Waals surface area contributed by atoms with Crippen molar-refractivity contribution in [1.29, 1.82) is 0 Å². The highest BCUT2D eigenvalue weighted by molar-refractivity contribution is 9.10. The van der Waals surface area contributed by atoms with Crippen molar-refractivity contribution in [2.45, 2.75) is 49.8 Å². The molecule has 3 nitrogen and oxygen atoms in total. The number of benzene rings is 1. The van der Waals surface area contributed by atoms with Crippen LogP contribution in [0.1, 0.15) is 44.9 Å². The minimum absolute atomic E-state index is 0.335. The van der Waals surface area contributed by atoms with Gasteiger partial charge in [-0.3, -0.25) is 0 Å². The van der Waals surface area contributed by atoms with E-state index in [2.05, 4.69) is 20.7 Å². The molecule has 2 rings (SSSR count). The predicted octanol–water partition coefficient (Wildman–Crippen LogP) is 4.09. The van der Waals surface area contributed by atoms with Crippen LogP contribution < -0.4 is 4.72 Å². The van der Waals surface area contributed by atoms with Crippen molar-refractivity contribution in [1.82, 2.24) is 4.72 Å². The lowest BCUT2D eigenvalue weighted by Gasteiger charge is -2.14. The second kappa shape index (κ2) is 7.57. The van der Waals surface area contributed by atoms with Crippen molar-refractivity contribution >= 4 is 26.0 Å². The van der Waals surface area contributed by atoms with E-state index in [0.717, 1.165) is 10.9 Å². The molecule has 1 aliphatic carbocycles. The largest absolute Gasteiger partial charge is 0.240 e. The molecule has 1 aromatic carbocycles. The Morgan fingerprint density at radius 3 is 2.25 bits per heavy atom. The Hall–Kier alpha value is -0.390. The van der Waals surface area contributed by atoms with Gasteiger partial charge in [0.2, 0.25) is 10.0 Å². The summed E-state index contributed by atoms with van der Waals surface area (Å²) in [6, 6.07) is 6.75. The molecule has 0 atom stereocenters. The Bertz CT molecular complexity index is 505. The molecule has 0 unspecified atom stereocenters. The van der Waals surface area contributed by atoms with Crippen molar-refractivity contribution in [3.8, 4) is 0 Å². The quantitative estimate of drug-likeness (QED) is 0.804. The van der Waals surface area contributed by atoms with E-state index in [1.807, 2.05) is 0 Å². The van der Waals surface area contributed by atoms with E-state index in [1.54, 1.807) is 24.3 Å². The molecule has 1 saturated carbocycles. The van der Waals surface area contributed by atoms with Crippen LogP contribution in [0.4, 0.5) is 0 Å². The van der Waals surface area contributed by atoms with Gasteiger partial charge in [-0.15, -0.1) is 0 Å². The molecular formula is C15H22BrNO2S. The topological polar surface area (TPSA) is 46.2 Å². The van der Waals surface area contributed by atoms with Crippen LogP contribution in [0.25, 0.3) is 0 Å². The molecule has 0 radical (unpaired) electrons. The molecule has 1 fully saturated rings. The number of halogens is 1. The Morgan fingerprint density at radius 2 is 1.65 bits per heavy atom. The van der Waals surface area contributed by atoms with Gasteiger partial charge in [-0.1, -0.05) is 54.5 Å². The molecule has 1 aliphatic rings. The smallest absolute Gasteiger partial charge is 0.211 e. The van der Waals surface area contributed by atoms with Gasteiger partial charge < -0.3 is 0 Å². The standard InChI is InChI=1S/C15H22BrNO2S/c16-14-7-9-15(10-8-14)20(18,19)17-12-11-13-5-3-1-2-4-6-13/h7-10,13,17H,1-6,11-12H2. The summed E-state index contributed by atoms with van der Waals surface area (Å²) in [6.45, 7) is 0.545. The number of hydrogen-bond acceptors (Lipinski definition) is 2. The Morgan fingerprint density at radius 1 is 1.05 bits per heavy atom. The molecule has 0 saturated heterocycles. The number of hydrogen-bond donors (Lipinski definition) is 1. The molecule has 5 heteroatoms. The second-order valence-electron chi connectivity index (χ2n) is 5.50. The third-order valence-electron chi connectivity index (χ3n) is 3.94. The van der Waals surface area contributed by atoms with E-state index in [9.17, 15) is 8.42 Å². The van der Waals surface area contributed by atoms with Crippen molar-refractivity contribution in [2.75, 3.05) is 6.54 Å². The molecule has 0 aromatic heterocycles. The Kier molecular flexibility index (Phi) is 6.05. The minimum Gasteiger partial charge on any atom is -0.211 e. The van der Waals surface area contributed by atoms with Crippen LogP contribution in [-0.2, 0) is 10.0 Å². The maximum atomic E-state index is 12.1. The third-order valence-corrected chi connectivity index (χ3v) is 5.95. The zero-order valence-electron chi connectivity index (χ0n) is 11.6. The van der Waals surface area contributed by atoms with Gasteiger partial charge in [0.15, 0.2) is 0 Å². The lowest BCUT2D eigenvalue weighted by Crippen LogP contribution is -2.26. The first-order chi connectivity index (χ1) is 9.58. The zero-order valence-corrected chi connectivity index (χ0v) is 14.0. The summed E-state index contributed by atoms with van der Waals surface area (Å²) in [5.41, 5.74) is 0.